The first-order valence-electron chi connectivity index (χ1n) is 5.14. The maximum atomic E-state index is 12.0. The molecule has 1 aromatic rings. The lowest BCUT2D eigenvalue weighted by atomic mass is 10.4. The van der Waals surface area contributed by atoms with E-state index in [9.17, 15) is 8.42 Å². The summed E-state index contributed by atoms with van der Waals surface area (Å²) in [7, 11) is -0.0614. The number of methoxy groups -OCH3 is 1. The summed E-state index contributed by atoms with van der Waals surface area (Å²) in [5.74, 6) is -0.00102. The van der Waals surface area contributed by atoms with Gasteiger partial charge < -0.3 is 10.1 Å². The van der Waals surface area contributed by atoms with Crippen LogP contribution in [0.15, 0.2) is 29.2 Å². The number of nitrogens with one attached hydrogen (secondary N) is 1. The molecule has 0 aliphatic rings. The summed E-state index contributed by atoms with van der Waals surface area (Å²) in [5.41, 5.74) is 0. The highest BCUT2D eigenvalue weighted by Gasteiger charge is 2.20. The number of likely N-dealkylation sites (N-methyl/N-ethyl adjacent to an activating group) is 1. The number of ether oxygens (including phenoxy) is 1. The predicted octanol–water partition coefficient (Wildman–Crippen LogP) is 1.35. The van der Waals surface area contributed by atoms with E-state index in [2.05, 4.69) is 5.32 Å². The molecule has 6 heteroatoms. The Hall–Kier alpha value is -0.620. The second kappa shape index (κ2) is 6.35. The number of rotatable bonds is 6. The van der Waals surface area contributed by atoms with Crippen molar-refractivity contribution in [2.24, 2.45) is 0 Å². The van der Waals surface area contributed by atoms with Gasteiger partial charge in [-0.25, -0.2) is 8.42 Å². The van der Waals surface area contributed by atoms with Crippen molar-refractivity contribution in [1.82, 2.24) is 5.32 Å². The average Bonchev–Trinajstić information content (AvgIpc) is 2.28. The molecule has 17 heavy (non-hydrogen) atoms. The molecule has 0 saturated carbocycles. The molecule has 1 unspecified atom stereocenters. The van der Waals surface area contributed by atoms with Gasteiger partial charge in [0.2, 0.25) is 0 Å². The Morgan fingerprint density at radius 3 is 2.41 bits per heavy atom. The zero-order valence-corrected chi connectivity index (χ0v) is 11.4. The van der Waals surface area contributed by atoms with Crippen molar-refractivity contribution in [3.05, 3.63) is 29.3 Å². The van der Waals surface area contributed by atoms with E-state index in [-0.39, 0.29) is 16.7 Å². The molecule has 0 aliphatic heterocycles. The molecular weight excluding hydrogens is 262 g/mol. The van der Waals surface area contributed by atoms with Crippen LogP contribution in [-0.4, -0.2) is 41.0 Å². The van der Waals surface area contributed by atoms with E-state index in [1.165, 1.54) is 12.1 Å². The standard InChI is InChI=1S/C11H16ClNO3S/c1-13-10(7-16-2)8-17(14,15)11-5-3-9(12)4-6-11/h3-6,10,13H,7-8H2,1-2H3. The summed E-state index contributed by atoms with van der Waals surface area (Å²) >= 11 is 5.72. The van der Waals surface area contributed by atoms with Crippen LogP contribution in [0.25, 0.3) is 0 Å². The highest BCUT2D eigenvalue weighted by molar-refractivity contribution is 7.91. The minimum Gasteiger partial charge on any atom is -0.383 e. The fourth-order valence-corrected chi connectivity index (χ4v) is 3.08. The van der Waals surface area contributed by atoms with Gasteiger partial charge in [-0.1, -0.05) is 11.6 Å². The molecular formula is C11H16ClNO3S. The molecule has 1 N–H and O–H groups in total. The first-order chi connectivity index (χ1) is 7.99. The molecule has 1 rings (SSSR count). The summed E-state index contributed by atoms with van der Waals surface area (Å²) in [6.45, 7) is 0.351. The monoisotopic (exact) mass is 277 g/mol. The van der Waals surface area contributed by atoms with Gasteiger partial charge in [0, 0.05) is 18.2 Å². The Bertz CT molecular complexity index is 444. The van der Waals surface area contributed by atoms with E-state index in [1.807, 2.05) is 0 Å². The topological polar surface area (TPSA) is 55.4 Å². The van der Waals surface area contributed by atoms with E-state index in [4.69, 9.17) is 16.3 Å². The smallest absolute Gasteiger partial charge is 0.179 e. The number of hydrogen-bond acceptors (Lipinski definition) is 4. The Balaban J connectivity index is 2.84. The predicted molar refractivity (Wildman–Crippen MR) is 68.2 cm³/mol. The van der Waals surface area contributed by atoms with Gasteiger partial charge in [0.05, 0.1) is 17.3 Å². The molecule has 0 heterocycles. The van der Waals surface area contributed by atoms with Gasteiger partial charge in [0.1, 0.15) is 0 Å². The highest BCUT2D eigenvalue weighted by atomic mass is 35.5. The minimum absolute atomic E-state index is 0.00102. The fourth-order valence-electron chi connectivity index (χ4n) is 1.42. The Morgan fingerprint density at radius 2 is 1.94 bits per heavy atom. The fraction of sp³-hybridized carbons (Fsp3) is 0.455. The second-order valence-electron chi connectivity index (χ2n) is 3.68. The van der Waals surface area contributed by atoms with Gasteiger partial charge in [-0.05, 0) is 31.3 Å². The summed E-state index contributed by atoms with van der Waals surface area (Å²) in [4.78, 5) is 0.276. The zero-order chi connectivity index (χ0) is 12.9. The van der Waals surface area contributed by atoms with E-state index >= 15 is 0 Å². The van der Waals surface area contributed by atoms with Gasteiger partial charge >= 0.3 is 0 Å². The van der Waals surface area contributed by atoms with Crippen LogP contribution in [0, 0.1) is 0 Å². The second-order valence-corrected chi connectivity index (χ2v) is 6.15. The molecule has 0 bridgehead atoms. The largest absolute Gasteiger partial charge is 0.383 e. The SMILES string of the molecule is CNC(COC)CS(=O)(=O)c1ccc(Cl)cc1. The number of hydrogen-bond donors (Lipinski definition) is 1. The van der Waals surface area contributed by atoms with Crippen LogP contribution in [0.2, 0.25) is 5.02 Å². The molecule has 0 radical (unpaired) electrons. The van der Waals surface area contributed by atoms with Gasteiger partial charge in [-0.3, -0.25) is 0 Å². The quantitative estimate of drug-likeness (QED) is 0.853. The minimum atomic E-state index is -3.31. The van der Waals surface area contributed by atoms with E-state index in [1.54, 1.807) is 26.3 Å². The third kappa shape index (κ3) is 4.27. The highest BCUT2D eigenvalue weighted by Crippen LogP contribution is 2.16. The third-order valence-electron chi connectivity index (χ3n) is 2.37. The molecule has 0 aliphatic carbocycles. The van der Waals surface area contributed by atoms with Gasteiger partial charge in [0.15, 0.2) is 9.84 Å². The van der Waals surface area contributed by atoms with Gasteiger partial charge in [-0.15, -0.1) is 0 Å². The van der Waals surface area contributed by atoms with Crippen LogP contribution >= 0.6 is 11.6 Å². The summed E-state index contributed by atoms with van der Waals surface area (Å²) < 4.78 is 29.0. The van der Waals surface area contributed by atoms with Gasteiger partial charge in [-0.2, -0.15) is 0 Å². The molecule has 0 aromatic heterocycles. The van der Waals surface area contributed by atoms with Gasteiger partial charge in [0.25, 0.3) is 0 Å². The maximum Gasteiger partial charge on any atom is 0.179 e. The van der Waals surface area contributed by atoms with Crippen LogP contribution in [-0.2, 0) is 14.6 Å². The van der Waals surface area contributed by atoms with Crippen LogP contribution in [0.4, 0.5) is 0 Å². The first-order valence-corrected chi connectivity index (χ1v) is 7.17. The van der Waals surface area contributed by atoms with E-state index in [0.717, 1.165) is 0 Å². The molecule has 96 valence electrons. The summed E-state index contributed by atoms with van der Waals surface area (Å²) in [6, 6.07) is 5.94. The molecule has 0 saturated heterocycles. The molecule has 1 aromatic carbocycles. The average molecular weight is 278 g/mol. The lowest BCUT2D eigenvalue weighted by Gasteiger charge is -2.15. The third-order valence-corrected chi connectivity index (χ3v) is 4.45. The molecule has 0 amide bonds. The lowest BCUT2D eigenvalue weighted by Crippen LogP contribution is -2.36. The van der Waals surface area contributed by atoms with Crippen molar-refractivity contribution in [3.63, 3.8) is 0 Å². The normalized spacial score (nSPS) is 13.6. The number of halogens is 1. The first kappa shape index (κ1) is 14.4. The molecule has 1 atom stereocenters. The van der Waals surface area contributed by atoms with Crippen LogP contribution in [0.5, 0.6) is 0 Å². The molecule has 0 spiro atoms. The Labute approximate surface area is 107 Å². The maximum absolute atomic E-state index is 12.0. The van der Waals surface area contributed by atoms with Crippen LogP contribution in [0.1, 0.15) is 0 Å². The Morgan fingerprint density at radius 1 is 1.35 bits per heavy atom. The Kier molecular flexibility index (Phi) is 5.39. The number of sulfone groups is 1. The van der Waals surface area contributed by atoms with E-state index in [0.29, 0.717) is 11.6 Å². The van der Waals surface area contributed by atoms with Crippen molar-refractivity contribution >= 4 is 21.4 Å². The summed E-state index contributed by atoms with van der Waals surface area (Å²) in [5, 5.41) is 3.43. The number of benzene rings is 1. The van der Waals surface area contributed by atoms with Crippen molar-refractivity contribution in [2.75, 3.05) is 26.5 Å². The van der Waals surface area contributed by atoms with Crippen molar-refractivity contribution in [1.29, 1.82) is 0 Å². The molecule has 0 fully saturated rings. The zero-order valence-electron chi connectivity index (χ0n) is 9.81. The van der Waals surface area contributed by atoms with Crippen molar-refractivity contribution < 1.29 is 13.2 Å². The molecule has 4 nitrogen and oxygen atoms in total. The van der Waals surface area contributed by atoms with Crippen molar-refractivity contribution in [3.8, 4) is 0 Å². The van der Waals surface area contributed by atoms with Crippen LogP contribution in [0.3, 0.4) is 0 Å². The van der Waals surface area contributed by atoms with Crippen molar-refractivity contribution in [2.45, 2.75) is 10.9 Å². The van der Waals surface area contributed by atoms with E-state index < -0.39 is 9.84 Å². The lowest BCUT2D eigenvalue weighted by molar-refractivity contribution is 0.176. The van der Waals surface area contributed by atoms with Crippen LogP contribution < -0.4 is 5.32 Å². The summed E-state index contributed by atoms with van der Waals surface area (Å²) in [6.07, 6.45) is 0.